The molecule has 0 bridgehead atoms. The van der Waals surface area contributed by atoms with Gasteiger partial charge < -0.3 is 39.9 Å². The first-order chi connectivity index (χ1) is 32.4. The summed E-state index contributed by atoms with van der Waals surface area (Å²) in [5, 5.41) is 20.9. The summed E-state index contributed by atoms with van der Waals surface area (Å²) in [6.45, 7) is 6.82. The van der Waals surface area contributed by atoms with Crippen LogP contribution in [0.5, 0.6) is 0 Å². The maximum atomic E-state index is 12.9. The van der Waals surface area contributed by atoms with Crippen molar-refractivity contribution in [3.8, 4) is 0 Å². The van der Waals surface area contributed by atoms with Crippen LogP contribution in [0.15, 0.2) is 17.1 Å². The molecule has 1 aromatic heterocycles. The predicted octanol–water partition coefficient (Wildman–Crippen LogP) is 10.4. The molecule has 0 aromatic carbocycles. The van der Waals surface area contributed by atoms with Crippen molar-refractivity contribution in [1.29, 1.82) is 0 Å². The number of phosphoric acid groups is 2. The molecule has 20 heteroatoms. The number of unbranched alkanes of at least 4 members (excludes halogenated alkanes) is 21. The van der Waals surface area contributed by atoms with Gasteiger partial charge in [0.15, 0.2) is 12.3 Å². The number of carbonyl (C=O) groups is 2. The van der Waals surface area contributed by atoms with Crippen LogP contribution in [-0.4, -0.2) is 85.7 Å². The van der Waals surface area contributed by atoms with E-state index in [9.17, 15) is 43.5 Å². The van der Waals surface area contributed by atoms with E-state index in [1.54, 1.807) is 0 Å². The second kappa shape index (κ2) is 35.8. The minimum Gasteiger partial charge on any atom is -0.462 e. The quantitative estimate of drug-likeness (QED) is 0.0231. The van der Waals surface area contributed by atoms with Crippen molar-refractivity contribution in [3.05, 3.63) is 22.7 Å². The molecule has 396 valence electrons. The number of anilines is 1. The molecule has 8 atom stereocenters. The van der Waals surface area contributed by atoms with Crippen LogP contribution in [-0.2, 0) is 46.3 Å². The Bertz CT molecular complexity index is 1670. The van der Waals surface area contributed by atoms with Crippen molar-refractivity contribution < 1.29 is 66.3 Å². The summed E-state index contributed by atoms with van der Waals surface area (Å²) in [6.07, 6.45) is 23.3. The van der Waals surface area contributed by atoms with Crippen molar-refractivity contribution in [2.24, 2.45) is 11.8 Å². The molecule has 0 spiro atoms. The van der Waals surface area contributed by atoms with Gasteiger partial charge in [0.05, 0.1) is 13.2 Å². The number of hydrogen-bond donors (Lipinski definition) is 5. The highest BCUT2D eigenvalue weighted by molar-refractivity contribution is 7.61. The zero-order valence-electron chi connectivity index (χ0n) is 41.8. The standard InChI is InChI=1S/C48H89N3O15P2/c1-5-39(4)30-26-22-18-14-11-12-15-19-23-27-31-43(52)61-35-40(64-44(53)32-28-24-20-16-10-8-6-7-9-13-17-21-25-29-38(2)3)36-62-67(57,58)66-68(59,60)63-37-41-45(54)46(55)47(65-41)51-34-33-42(49)50-48(51)56/h33-34,38-41,45-47,54-55H,5-32,35-37H2,1-4H3,(H,57,58)(H,59,60)(H2,49,50,56)/t39?,40-,41-,45+,46?,47-/m1/s1. The van der Waals surface area contributed by atoms with Gasteiger partial charge in [0.1, 0.15) is 30.7 Å². The molecular weight excluding hydrogens is 920 g/mol. The Morgan fingerprint density at radius 1 is 0.706 bits per heavy atom. The first-order valence-corrected chi connectivity index (χ1v) is 28.8. The van der Waals surface area contributed by atoms with Crippen LogP contribution in [0, 0.1) is 11.8 Å². The number of nitrogen functional groups attached to an aromatic ring is 1. The summed E-state index contributed by atoms with van der Waals surface area (Å²) in [4.78, 5) is 61.9. The van der Waals surface area contributed by atoms with Crippen molar-refractivity contribution in [3.63, 3.8) is 0 Å². The Balaban J connectivity index is 1.79. The number of esters is 2. The molecule has 0 radical (unpaired) electrons. The van der Waals surface area contributed by atoms with Crippen LogP contribution in [0.25, 0.3) is 0 Å². The third kappa shape index (κ3) is 29.2. The van der Waals surface area contributed by atoms with Crippen LogP contribution < -0.4 is 11.4 Å². The highest BCUT2D eigenvalue weighted by Crippen LogP contribution is 2.60. The van der Waals surface area contributed by atoms with Gasteiger partial charge >= 0.3 is 33.3 Å². The molecule has 0 amide bonds. The molecule has 0 saturated carbocycles. The SMILES string of the molecule is CCC(C)CCCCCCCCCCCCC(=O)OC[C@H](COP(=O)(O)OP(=O)(O)OC[C@H]1O[C@@H](n2ccc(N)nc2=O)C(O)[C@H]1O)OC(=O)CCCCCCCCCCCCCCCC(C)C. The average Bonchev–Trinajstić information content (AvgIpc) is 3.56. The van der Waals surface area contributed by atoms with Gasteiger partial charge in [-0.15, -0.1) is 0 Å². The zero-order valence-corrected chi connectivity index (χ0v) is 43.6. The smallest absolute Gasteiger partial charge is 0.462 e. The zero-order chi connectivity index (χ0) is 50.2. The number of aliphatic hydroxyl groups is 2. The molecule has 1 aliphatic heterocycles. The van der Waals surface area contributed by atoms with Gasteiger partial charge in [0, 0.05) is 19.0 Å². The van der Waals surface area contributed by atoms with Gasteiger partial charge in [-0.25, -0.2) is 13.9 Å². The third-order valence-electron chi connectivity index (χ3n) is 12.4. The van der Waals surface area contributed by atoms with Crippen molar-refractivity contribution in [2.75, 3.05) is 25.6 Å². The van der Waals surface area contributed by atoms with E-state index in [2.05, 4.69) is 37.0 Å². The second-order valence-electron chi connectivity index (χ2n) is 19.1. The Hall–Kier alpha value is -2.24. The lowest BCUT2D eigenvalue weighted by molar-refractivity contribution is -0.161. The number of nitrogens with two attached hydrogens (primary N) is 1. The minimum atomic E-state index is -5.42. The Kier molecular flexibility index (Phi) is 32.6. The van der Waals surface area contributed by atoms with E-state index in [0.29, 0.717) is 12.8 Å². The van der Waals surface area contributed by atoms with E-state index in [0.717, 1.165) is 67.8 Å². The van der Waals surface area contributed by atoms with Crippen molar-refractivity contribution in [1.82, 2.24) is 9.55 Å². The van der Waals surface area contributed by atoms with Crippen LogP contribution in [0.3, 0.4) is 0 Å². The van der Waals surface area contributed by atoms with Gasteiger partial charge in [0.25, 0.3) is 0 Å². The molecule has 2 heterocycles. The second-order valence-corrected chi connectivity index (χ2v) is 22.2. The highest BCUT2D eigenvalue weighted by Gasteiger charge is 2.46. The fraction of sp³-hybridized carbons (Fsp3) is 0.875. The summed E-state index contributed by atoms with van der Waals surface area (Å²) in [5.41, 5.74) is 4.59. The molecule has 1 fully saturated rings. The van der Waals surface area contributed by atoms with Gasteiger partial charge in [-0.2, -0.15) is 9.29 Å². The summed E-state index contributed by atoms with van der Waals surface area (Å²) < 4.78 is 56.8. The topological polar surface area (TPSA) is 265 Å². The first kappa shape index (κ1) is 61.9. The maximum Gasteiger partial charge on any atom is 0.481 e. The summed E-state index contributed by atoms with van der Waals surface area (Å²) in [5.74, 6) is 0.312. The van der Waals surface area contributed by atoms with E-state index in [-0.39, 0.29) is 18.7 Å². The molecule has 1 saturated heterocycles. The molecule has 68 heavy (non-hydrogen) atoms. The molecule has 18 nitrogen and oxygen atoms in total. The van der Waals surface area contributed by atoms with Crippen LogP contribution in [0.2, 0.25) is 0 Å². The van der Waals surface area contributed by atoms with E-state index in [1.807, 2.05) is 0 Å². The Morgan fingerprint density at radius 2 is 1.18 bits per heavy atom. The molecule has 2 rings (SSSR count). The number of aliphatic hydroxyl groups excluding tert-OH is 2. The number of aromatic nitrogens is 2. The molecule has 1 aromatic rings. The monoisotopic (exact) mass is 1010 g/mol. The van der Waals surface area contributed by atoms with Crippen molar-refractivity contribution in [2.45, 2.75) is 238 Å². The largest absolute Gasteiger partial charge is 0.481 e. The lowest BCUT2D eigenvalue weighted by atomic mass is 9.99. The third-order valence-corrected chi connectivity index (χ3v) is 15.0. The van der Waals surface area contributed by atoms with Gasteiger partial charge in [-0.1, -0.05) is 182 Å². The molecule has 1 aliphatic rings. The normalized spacial score (nSPS) is 20.0. The molecule has 4 unspecified atom stereocenters. The number of nitrogens with zero attached hydrogens (tertiary/aromatic N) is 2. The number of carbonyl (C=O) groups excluding carboxylic acids is 2. The van der Waals surface area contributed by atoms with Gasteiger partial charge in [-0.3, -0.25) is 23.2 Å². The van der Waals surface area contributed by atoms with E-state index in [4.69, 9.17) is 29.0 Å². The van der Waals surface area contributed by atoms with Crippen LogP contribution in [0.4, 0.5) is 5.82 Å². The van der Waals surface area contributed by atoms with Gasteiger partial charge in [-0.05, 0) is 30.7 Å². The Morgan fingerprint density at radius 3 is 1.68 bits per heavy atom. The number of rotatable bonds is 42. The molecule has 0 aliphatic carbocycles. The maximum absolute atomic E-state index is 12.9. The molecule has 6 N–H and O–H groups in total. The van der Waals surface area contributed by atoms with Gasteiger partial charge in [0.2, 0.25) is 0 Å². The highest BCUT2D eigenvalue weighted by atomic mass is 31.3. The number of ether oxygens (including phenoxy) is 3. The summed E-state index contributed by atoms with van der Waals surface area (Å²) in [6, 6.07) is 1.25. The van der Waals surface area contributed by atoms with E-state index in [1.165, 1.54) is 115 Å². The molecular formula is C48H89N3O15P2. The van der Waals surface area contributed by atoms with E-state index < -0.39 is 83.7 Å². The van der Waals surface area contributed by atoms with Crippen LogP contribution >= 0.6 is 15.6 Å². The fourth-order valence-electron chi connectivity index (χ4n) is 8.00. The van der Waals surface area contributed by atoms with Crippen molar-refractivity contribution >= 4 is 33.4 Å². The first-order valence-electron chi connectivity index (χ1n) is 25.8. The van der Waals surface area contributed by atoms with E-state index >= 15 is 0 Å². The lowest BCUT2D eigenvalue weighted by Gasteiger charge is -2.21. The van der Waals surface area contributed by atoms with Crippen LogP contribution in [0.1, 0.15) is 214 Å². The summed E-state index contributed by atoms with van der Waals surface area (Å²) in [7, 11) is -10.8. The Labute approximate surface area is 406 Å². The lowest BCUT2D eigenvalue weighted by Crippen LogP contribution is -2.36. The number of hydrogen-bond acceptors (Lipinski definition) is 15. The average molecular weight is 1010 g/mol. The number of phosphoric ester groups is 2. The predicted molar refractivity (Wildman–Crippen MR) is 261 cm³/mol. The minimum absolute atomic E-state index is 0.0565. The summed E-state index contributed by atoms with van der Waals surface area (Å²) >= 11 is 0. The fourth-order valence-corrected chi connectivity index (χ4v) is 10.1.